The van der Waals surface area contributed by atoms with Crippen molar-refractivity contribution in [3.05, 3.63) is 28.4 Å². The van der Waals surface area contributed by atoms with Gasteiger partial charge < -0.3 is 14.8 Å². The van der Waals surface area contributed by atoms with Crippen LogP contribution in [0.15, 0.2) is 18.3 Å². The maximum Gasteiger partial charge on any atom is 0.332 e. The Kier molecular flexibility index (Phi) is 7.73. The molecule has 1 N–H and O–H groups in total. The minimum absolute atomic E-state index is 0.0205. The van der Waals surface area contributed by atoms with E-state index in [1.54, 1.807) is 6.07 Å². The van der Waals surface area contributed by atoms with Crippen LogP contribution in [0, 0.1) is 10.1 Å². The Bertz CT molecular complexity index is 450. The fourth-order valence-electron chi connectivity index (χ4n) is 1.56. The first kappa shape index (κ1) is 16.8. The first-order chi connectivity index (χ1) is 10.1. The predicted molar refractivity (Wildman–Crippen MR) is 76.1 cm³/mol. The Morgan fingerprint density at radius 2 is 2.19 bits per heavy atom. The van der Waals surface area contributed by atoms with Crippen molar-refractivity contribution >= 4 is 17.5 Å². The molecule has 0 saturated carbocycles. The third kappa shape index (κ3) is 7.21. The van der Waals surface area contributed by atoms with Crippen LogP contribution in [0.2, 0.25) is 0 Å². The minimum Gasteiger partial charge on any atom is -0.464 e. The van der Waals surface area contributed by atoms with Crippen molar-refractivity contribution in [3.63, 3.8) is 0 Å². The lowest BCUT2D eigenvalue weighted by molar-refractivity contribution is -0.385. The summed E-state index contributed by atoms with van der Waals surface area (Å²) >= 11 is 0. The third-order valence-electron chi connectivity index (χ3n) is 2.61. The zero-order valence-electron chi connectivity index (χ0n) is 11.9. The number of aromatic nitrogens is 1. The summed E-state index contributed by atoms with van der Waals surface area (Å²) < 4.78 is 9.56. The van der Waals surface area contributed by atoms with E-state index in [1.165, 1.54) is 19.4 Å². The zero-order chi connectivity index (χ0) is 15.5. The van der Waals surface area contributed by atoms with Gasteiger partial charge in [-0.1, -0.05) is 0 Å². The summed E-state index contributed by atoms with van der Waals surface area (Å²) in [4.78, 5) is 24.9. The first-order valence-electron chi connectivity index (χ1n) is 6.62. The van der Waals surface area contributed by atoms with Crippen molar-refractivity contribution in [1.82, 2.24) is 4.98 Å². The molecule has 0 atom stereocenters. The van der Waals surface area contributed by atoms with E-state index in [9.17, 15) is 14.9 Å². The average molecular weight is 297 g/mol. The van der Waals surface area contributed by atoms with Crippen LogP contribution in [-0.4, -0.2) is 42.7 Å². The molecule has 0 aliphatic carbocycles. The highest BCUT2D eigenvalue weighted by Gasteiger charge is 2.04. The highest BCUT2D eigenvalue weighted by atomic mass is 16.6. The Balaban J connectivity index is 2.06. The number of hydrogen-bond acceptors (Lipinski definition) is 7. The highest BCUT2D eigenvalue weighted by Crippen LogP contribution is 2.11. The molecule has 1 aromatic rings. The highest BCUT2D eigenvalue weighted by molar-refractivity contribution is 5.70. The number of carbonyl (C=O) groups is 1. The van der Waals surface area contributed by atoms with Gasteiger partial charge in [0.25, 0.3) is 5.69 Å². The molecule has 0 saturated heterocycles. The fraction of sp³-hybridized carbons (Fsp3) is 0.538. The quantitative estimate of drug-likeness (QED) is 0.304. The number of ether oxygens (including phenoxy) is 2. The van der Waals surface area contributed by atoms with E-state index >= 15 is 0 Å². The molecule has 8 heteroatoms. The van der Waals surface area contributed by atoms with Crippen molar-refractivity contribution in [2.45, 2.75) is 19.3 Å². The second-order valence-electron chi connectivity index (χ2n) is 4.30. The van der Waals surface area contributed by atoms with Crippen LogP contribution >= 0.6 is 0 Å². The Morgan fingerprint density at radius 1 is 1.38 bits per heavy atom. The molecule has 0 radical (unpaired) electrons. The average Bonchev–Trinajstić information content (AvgIpc) is 2.47. The molecule has 0 aromatic carbocycles. The molecule has 0 spiro atoms. The SMILES string of the molecule is COCC(=O)OCCCCCNc1ccc([N+](=O)[O-])cn1. The number of nitrogens with one attached hydrogen (secondary N) is 1. The van der Waals surface area contributed by atoms with Crippen LogP contribution in [0.3, 0.4) is 0 Å². The van der Waals surface area contributed by atoms with E-state index < -0.39 is 4.92 Å². The number of rotatable bonds is 10. The van der Waals surface area contributed by atoms with Crippen molar-refractivity contribution in [2.24, 2.45) is 0 Å². The number of methoxy groups -OCH3 is 1. The molecule has 0 aliphatic rings. The molecule has 1 aromatic heterocycles. The summed E-state index contributed by atoms with van der Waals surface area (Å²) in [6, 6.07) is 2.98. The molecule has 0 unspecified atom stereocenters. The molecule has 0 amide bonds. The van der Waals surface area contributed by atoms with E-state index in [4.69, 9.17) is 4.74 Å². The number of nitrogens with zero attached hydrogens (tertiary/aromatic N) is 2. The summed E-state index contributed by atoms with van der Waals surface area (Å²) in [5.74, 6) is 0.248. The molecule has 21 heavy (non-hydrogen) atoms. The largest absolute Gasteiger partial charge is 0.464 e. The summed E-state index contributed by atoms with van der Waals surface area (Å²) in [5.41, 5.74) is -0.0292. The normalized spacial score (nSPS) is 10.1. The molecule has 116 valence electrons. The lowest BCUT2D eigenvalue weighted by Crippen LogP contribution is -2.12. The molecule has 1 heterocycles. The minimum atomic E-state index is -0.484. The molecular weight excluding hydrogens is 278 g/mol. The van der Waals surface area contributed by atoms with Crippen LogP contribution < -0.4 is 5.32 Å². The van der Waals surface area contributed by atoms with Gasteiger partial charge in [0, 0.05) is 19.7 Å². The van der Waals surface area contributed by atoms with Gasteiger partial charge in [-0.05, 0) is 25.3 Å². The van der Waals surface area contributed by atoms with Crippen LogP contribution in [0.4, 0.5) is 11.5 Å². The number of esters is 1. The van der Waals surface area contributed by atoms with E-state index in [0.29, 0.717) is 19.0 Å². The number of carbonyl (C=O) groups excluding carboxylic acids is 1. The van der Waals surface area contributed by atoms with Gasteiger partial charge in [0.15, 0.2) is 0 Å². The Labute approximate surface area is 122 Å². The van der Waals surface area contributed by atoms with Gasteiger partial charge in [-0.2, -0.15) is 0 Å². The van der Waals surface area contributed by atoms with Gasteiger partial charge in [-0.15, -0.1) is 0 Å². The van der Waals surface area contributed by atoms with Crippen LogP contribution in [0.25, 0.3) is 0 Å². The van der Waals surface area contributed by atoms with Crippen LogP contribution in [-0.2, 0) is 14.3 Å². The van der Waals surface area contributed by atoms with Crippen molar-refractivity contribution in [3.8, 4) is 0 Å². The summed E-state index contributed by atoms with van der Waals surface area (Å²) in [6.45, 7) is 1.07. The second kappa shape index (κ2) is 9.65. The first-order valence-corrected chi connectivity index (χ1v) is 6.62. The molecule has 1 rings (SSSR count). The smallest absolute Gasteiger partial charge is 0.332 e. The standard InChI is InChI=1S/C13H19N3O5/c1-20-10-13(17)21-8-4-2-3-7-14-12-6-5-11(9-15-12)16(18)19/h5-6,9H,2-4,7-8,10H2,1H3,(H,14,15). The lowest BCUT2D eigenvalue weighted by Gasteiger charge is -2.06. The van der Waals surface area contributed by atoms with Crippen molar-refractivity contribution in [2.75, 3.05) is 32.2 Å². The maximum absolute atomic E-state index is 11.0. The Hall–Kier alpha value is -2.22. The van der Waals surface area contributed by atoms with Crippen LogP contribution in [0.1, 0.15) is 19.3 Å². The zero-order valence-corrected chi connectivity index (χ0v) is 11.9. The molecule has 8 nitrogen and oxygen atoms in total. The molecule has 0 aliphatic heterocycles. The molecular formula is C13H19N3O5. The van der Waals surface area contributed by atoms with Gasteiger partial charge in [0.2, 0.25) is 0 Å². The maximum atomic E-state index is 11.0. The predicted octanol–water partition coefficient (Wildman–Crippen LogP) is 1.76. The van der Waals surface area contributed by atoms with Crippen molar-refractivity contribution < 1.29 is 19.2 Å². The summed E-state index contributed by atoms with van der Waals surface area (Å²) in [7, 11) is 1.44. The van der Waals surface area contributed by atoms with Gasteiger partial charge in [0.1, 0.15) is 18.6 Å². The van der Waals surface area contributed by atoms with Crippen molar-refractivity contribution in [1.29, 1.82) is 0 Å². The molecule has 0 bridgehead atoms. The topological polar surface area (TPSA) is 104 Å². The number of pyridine rings is 1. The monoisotopic (exact) mass is 297 g/mol. The number of hydrogen-bond donors (Lipinski definition) is 1. The van der Waals surface area contributed by atoms with Gasteiger partial charge in [0.05, 0.1) is 11.5 Å². The number of unbranched alkanes of at least 4 members (excludes halogenated alkanes) is 2. The van der Waals surface area contributed by atoms with Gasteiger partial charge >= 0.3 is 5.97 Å². The van der Waals surface area contributed by atoms with E-state index in [2.05, 4.69) is 15.0 Å². The third-order valence-corrected chi connectivity index (χ3v) is 2.61. The number of nitro groups is 1. The van der Waals surface area contributed by atoms with E-state index in [-0.39, 0.29) is 18.3 Å². The Morgan fingerprint density at radius 3 is 2.81 bits per heavy atom. The van der Waals surface area contributed by atoms with E-state index in [1.807, 2.05) is 0 Å². The van der Waals surface area contributed by atoms with Crippen LogP contribution in [0.5, 0.6) is 0 Å². The van der Waals surface area contributed by atoms with Gasteiger partial charge in [-0.3, -0.25) is 10.1 Å². The second-order valence-corrected chi connectivity index (χ2v) is 4.30. The molecule has 0 fully saturated rings. The summed E-state index contributed by atoms with van der Waals surface area (Å²) in [6.07, 6.45) is 3.79. The summed E-state index contributed by atoms with van der Waals surface area (Å²) in [5, 5.41) is 13.5. The van der Waals surface area contributed by atoms with E-state index in [0.717, 1.165) is 19.3 Å². The lowest BCUT2D eigenvalue weighted by atomic mass is 10.2. The van der Waals surface area contributed by atoms with Gasteiger partial charge in [-0.25, -0.2) is 9.78 Å². The number of anilines is 1. The fourth-order valence-corrected chi connectivity index (χ4v) is 1.56.